The average Bonchev–Trinajstić information content (AvgIpc) is 0.758. The molecule has 0 saturated heterocycles. The molecule has 652 valence electrons. The Morgan fingerprint density at radius 1 is 0.208 bits per heavy atom. The minimum absolute atomic E-state index is 0. The third kappa shape index (κ3) is 23.6. The first-order valence-corrected chi connectivity index (χ1v) is 41.7. The van der Waals surface area contributed by atoms with Crippen molar-refractivity contribution < 1.29 is 121 Å². The zero-order valence-corrected chi connectivity index (χ0v) is 87.2. The summed E-state index contributed by atoms with van der Waals surface area (Å²) in [6.07, 6.45) is 10.9. The Balaban J connectivity index is 0.000000185. The van der Waals surface area contributed by atoms with Gasteiger partial charge in [0.05, 0.1) is 0 Å². The van der Waals surface area contributed by atoms with Crippen LogP contribution >= 0.6 is 0 Å². The van der Waals surface area contributed by atoms with Gasteiger partial charge in [0.25, 0.3) is 0 Å². The van der Waals surface area contributed by atoms with Crippen LogP contribution in [0.1, 0.15) is 60.0 Å². The van der Waals surface area contributed by atoms with Crippen molar-refractivity contribution in [2.75, 3.05) is 0 Å². The number of nitrogens with zero attached hydrogens (tertiary/aromatic N) is 8. The summed E-state index contributed by atoms with van der Waals surface area (Å²) < 4.78 is 0. The Labute approximate surface area is 845 Å². The van der Waals surface area contributed by atoms with Crippen LogP contribution < -0.4 is 0 Å². The Morgan fingerprint density at radius 3 is 0.715 bits per heavy atom. The third-order valence-corrected chi connectivity index (χ3v) is 21.9. The molecular formula is C116H88Ir6N8-6. The Bertz CT molecular complexity index is 6550. The summed E-state index contributed by atoms with van der Waals surface area (Å²) in [4.78, 5) is 36.7. The van der Waals surface area contributed by atoms with E-state index in [9.17, 15) is 0 Å². The smallest absolute Gasteiger partial charge is 0.159 e. The van der Waals surface area contributed by atoms with E-state index in [1.54, 1.807) is 12.4 Å². The third-order valence-electron chi connectivity index (χ3n) is 21.9. The van der Waals surface area contributed by atoms with E-state index >= 15 is 0 Å². The monoisotopic (exact) mass is 2750 g/mol. The fourth-order valence-electron chi connectivity index (χ4n) is 16.0. The van der Waals surface area contributed by atoms with Crippen LogP contribution in [0.25, 0.3) is 179 Å². The van der Waals surface area contributed by atoms with E-state index in [0.717, 1.165) is 146 Å². The van der Waals surface area contributed by atoms with E-state index in [2.05, 4.69) is 321 Å². The predicted octanol–water partition coefficient (Wildman–Crippen LogP) is 28.8. The quantitative estimate of drug-likeness (QED) is 0.0882. The van der Waals surface area contributed by atoms with Crippen molar-refractivity contribution in [3.05, 3.63) is 446 Å². The molecule has 0 aliphatic carbocycles. The van der Waals surface area contributed by atoms with Crippen LogP contribution in [0.2, 0.25) is 0 Å². The van der Waals surface area contributed by atoms with Crippen molar-refractivity contribution in [1.82, 2.24) is 39.9 Å². The number of hydrogen-bond donors (Lipinski definition) is 0. The molecule has 0 amide bonds. The minimum Gasteiger partial charge on any atom is -0.305 e. The molecule has 0 fully saturated rings. The summed E-state index contributed by atoms with van der Waals surface area (Å²) in [6, 6.07) is 137. The fourth-order valence-corrected chi connectivity index (χ4v) is 16.0. The molecule has 14 heteroatoms. The second-order valence-corrected chi connectivity index (χ2v) is 32.2. The summed E-state index contributed by atoms with van der Waals surface area (Å²) in [6.45, 7) is 19.5. The molecule has 0 atom stereocenters. The van der Waals surface area contributed by atoms with Crippen LogP contribution in [0, 0.1) is 77.9 Å². The van der Waals surface area contributed by atoms with Gasteiger partial charge in [0, 0.05) is 175 Å². The summed E-state index contributed by atoms with van der Waals surface area (Å²) in [5.41, 5.74) is 40.8. The molecule has 7 heterocycles. The van der Waals surface area contributed by atoms with Gasteiger partial charge in [0.2, 0.25) is 0 Å². The Hall–Kier alpha value is -11.5. The number of aryl methyl sites for hydroxylation is 6. The number of pyridine rings is 6. The Kier molecular flexibility index (Phi) is 35.0. The zero-order valence-electron chi connectivity index (χ0n) is 72.8. The van der Waals surface area contributed by atoms with Crippen LogP contribution in [0.5, 0.6) is 0 Å². The van der Waals surface area contributed by atoms with Gasteiger partial charge in [0.1, 0.15) is 0 Å². The van der Waals surface area contributed by atoms with Crippen LogP contribution in [0.3, 0.4) is 0 Å². The zero-order chi connectivity index (χ0) is 85.0. The van der Waals surface area contributed by atoms with Crippen LogP contribution in [0.15, 0.2) is 371 Å². The molecule has 12 aromatic carbocycles. The summed E-state index contributed by atoms with van der Waals surface area (Å²) in [5, 5.41) is 0. The van der Waals surface area contributed by atoms with E-state index in [-0.39, 0.29) is 126 Å². The molecular weight excluding hydrogens is 2660 g/mol. The topological polar surface area (TPSA) is 103 Å². The van der Waals surface area contributed by atoms with Crippen molar-refractivity contribution in [2.24, 2.45) is 0 Å². The maximum absolute atomic E-state index is 4.86. The fraction of sp³-hybridized carbons (Fsp3) is 0.0862. The summed E-state index contributed by atoms with van der Waals surface area (Å²) >= 11 is 0. The first kappa shape index (κ1) is 99.1. The van der Waals surface area contributed by atoms with Crippen LogP contribution in [-0.2, 0) is 126 Å². The molecule has 0 aliphatic rings. The maximum Gasteiger partial charge on any atom is 0.159 e. The number of aromatic nitrogens is 8. The largest absolute Gasteiger partial charge is 0.305 e. The predicted molar refractivity (Wildman–Crippen MR) is 509 cm³/mol. The maximum atomic E-state index is 4.86. The molecule has 0 saturated carbocycles. The molecule has 0 N–H and O–H groups in total. The number of benzene rings is 12. The molecule has 7 aromatic heterocycles. The first-order chi connectivity index (χ1) is 60.5. The average molecular weight is 2750 g/mol. The van der Waals surface area contributed by atoms with Gasteiger partial charge in [-0.2, -0.15) is 0 Å². The van der Waals surface area contributed by atoms with Gasteiger partial charge in [-0.1, -0.05) is 281 Å². The van der Waals surface area contributed by atoms with E-state index in [1.165, 1.54) is 66.8 Å². The van der Waals surface area contributed by atoms with Gasteiger partial charge >= 0.3 is 0 Å². The molecule has 8 nitrogen and oxygen atoms in total. The van der Waals surface area contributed by atoms with E-state index in [4.69, 9.17) is 9.97 Å². The van der Waals surface area contributed by atoms with Gasteiger partial charge in [0.15, 0.2) is 5.82 Å². The molecule has 0 spiro atoms. The van der Waals surface area contributed by atoms with E-state index in [1.807, 2.05) is 166 Å². The van der Waals surface area contributed by atoms with Gasteiger partial charge < -0.3 is 29.9 Å². The molecule has 130 heavy (non-hydrogen) atoms. The minimum atomic E-state index is -0.0419. The van der Waals surface area contributed by atoms with Gasteiger partial charge in [-0.25, -0.2) is 9.97 Å². The normalized spacial score (nSPS) is 10.6. The van der Waals surface area contributed by atoms with Crippen molar-refractivity contribution in [3.63, 3.8) is 0 Å². The van der Waals surface area contributed by atoms with Crippen molar-refractivity contribution in [1.29, 1.82) is 0 Å². The second-order valence-electron chi connectivity index (χ2n) is 32.2. The van der Waals surface area contributed by atoms with E-state index < -0.39 is 0 Å². The van der Waals surface area contributed by atoms with Gasteiger partial charge in [-0.3, -0.25) is 0 Å². The van der Waals surface area contributed by atoms with Crippen LogP contribution in [-0.4, -0.2) is 39.9 Å². The van der Waals surface area contributed by atoms with Crippen molar-refractivity contribution >= 4 is 0 Å². The Morgan fingerprint density at radius 2 is 0.469 bits per heavy atom. The van der Waals surface area contributed by atoms with Gasteiger partial charge in [-0.05, 0) is 174 Å². The molecule has 6 radical (unpaired) electrons. The number of hydrogen-bond acceptors (Lipinski definition) is 8. The number of rotatable bonds is 16. The van der Waals surface area contributed by atoms with Crippen molar-refractivity contribution in [3.8, 4) is 179 Å². The summed E-state index contributed by atoms with van der Waals surface area (Å²) in [7, 11) is 0. The van der Waals surface area contributed by atoms with Crippen LogP contribution in [0.4, 0.5) is 0 Å². The SMILES string of the molecule is Cc1cc(C)cc(-c2c(-c3c[c-]c(-c4ccccn4)cc3)cc(-c3ccccc3)cc2-c2c[c-]c(-c3ccccn3)cc2)c1.Cc1cc(C)cc(-c2c(-c3c[c-]c(-c4ccccn4)cc3)cc(C(C)(C)C)cc2-c2c[c-]c(-c3ccccn3)cc2)c1.Cc1cc(C)nc(-c2c(-c3c[c-]c(-c4ccccn4)cc3)cccc2-c2c[c-]c(-c3ccccn3)cc2)n1.[Ir].[Ir].[Ir].[Ir].[Ir].[Ir]. The summed E-state index contributed by atoms with van der Waals surface area (Å²) in [5.74, 6) is 0.704. The molecule has 19 rings (SSSR count). The molecule has 0 unspecified atom stereocenters. The van der Waals surface area contributed by atoms with Crippen molar-refractivity contribution in [2.45, 2.75) is 67.7 Å². The molecule has 19 aromatic rings. The van der Waals surface area contributed by atoms with E-state index in [0.29, 0.717) is 5.82 Å². The van der Waals surface area contributed by atoms with Gasteiger partial charge in [-0.15, -0.1) is 179 Å². The second kappa shape index (κ2) is 45.9. The molecule has 0 aliphatic heterocycles. The first-order valence-electron chi connectivity index (χ1n) is 41.7. The molecule has 0 bridgehead atoms. The standard InChI is InChI=1S/C42H30N2.C40H34N2.C34H24N4.6Ir/c1-29-24-30(2)26-37(25-29)42-38(32-14-18-34(19-15-32)40-12-6-8-22-43-40)27-36(31-10-4-3-5-11-31)28-39(42)33-16-20-35(21-17-33)41-13-7-9-23-44-41;1-27-22-28(2)24-33(23-27)39-35(29-12-16-31(17-13-29)37-10-6-8-20-41-37)25-34(40(3,4)5)26-36(39)30-14-18-32(19-15-30)38-11-7-9-21-42-38;1-23-22-24(2)38-34(37-23)33-29(25-12-16-27(17-13-25)31-10-3-5-20-35-31)8-7-9-30(33)26-14-18-28(19-15-26)32-11-4-6-21-36-32;;;;;;/h3-18,20,22-28H,1-2H3;6-16,18,20-26H,1-5H3;3-16,18,20-22H,1-2H3;;;;;;/q3*-2;;;;;;.